The zero-order valence-corrected chi connectivity index (χ0v) is 47.3. The monoisotopic (exact) mass is 1140 g/mol. The molecule has 4 heterocycles. The Morgan fingerprint density at radius 1 is 0.456 bits per heavy atom. The Balaban J connectivity index is 0.000000139. The van der Waals surface area contributed by atoms with E-state index in [0.29, 0.717) is 15.8 Å². The lowest BCUT2D eigenvalue weighted by Crippen LogP contribution is -2.36. The summed E-state index contributed by atoms with van der Waals surface area (Å²) in [6.07, 6.45) is 11.6. The second kappa shape index (κ2) is 28.8. The van der Waals surface area contributed by atoms with Gasteiger partial charge in [0.15, 0.2) is 15.6 Å². The van der Waals surface area contributed by atoms with Crippen molar-refractivity contribution in [1.29, 1.82) is 0 Å². The molecule has 0 unspecified atom stereocenters. The first-order valence-corrected chi connectivity index (χ1v) is 30.2. The van der Waals surface area contributed by atoms with Crippen molar-refractivity contribution < 1.29 is 13.2 Å². The third-order valence-corrected chi connectivity index (χ3v) is 17.8. The van der Waals surface area contributed by atoms with Crippen molar-refractivity contribution in [3.8, 4) is 12.3 Å². The van der Waals surface area contributed by atoms with Crippen molar-refractivity contribution in [3.05, 3.63) is 199 Å². The second-order valence-electron chi connectivity index (χ2n) is 17.8. The molecule has 0 radical (unpaired) electrons. The van der Waals surface area contributed by atoms with Gasteiger partial charge in [0.1, 0.15) is 5.88 Å². The molecule has 0 bridgehead atoms. The average Bonchev–Trinajstić information content (AvgIpc) is 4.38. The average molecular weight is 1150 g/mol. The minimum atomic E-state index is -3.48. The number of hydrazine groups is 4. The minimum Gasteiger partial charge on any atom is -0.292 e. The maximum absolute atomic E-state index is 12.3. The first-order chi connectivity index (χ1) is 38.4. The number of nitrogens with zero attached hydrogens (tertiary/aromatic N) is 8. The molecule has 15 nitrogen and oxygen atoms in total. The van der Waals surface area contributed by atoms with E-state index in [9.17, 15) is 13.2 Å². The number of Topliss-reactive ketones (excluding diaryl/α,β-unsaturated/α-hetero) is 1. The van der Waals surface area contributed by atoms with Gasteiger partial charge in [0.2, 0.25) is 20.5 Å². The van der Waals surface area contributed by atoms with Crippen LogP contribution in [0, 0.1) is 12.3 Å². The van der Waals surface area contributed by atoms with Crippen LogP contribution in [0.5, 0.6) is 0 Å². The molecule has 0 saturated carbocycles. The fraction of sp³-hybridized carbons (Fsp3) is 0.169. The number of nitrogens with two attached hydrogens (primary N) is 4. The number of aromatic nitrogens is 4. The molecule has 0 spiro atoms. The maximum Gasteiger partial charge on any atom is 0.201 e. The highest BCUT2D eigenvalue weighted by atomic mass is 32.2. The Morgan fingerprint density at radius 3 is 1.29 bits per heavy atom. The van der Waals surface area contributed by atoms with Crippen LogP contribution in [0.2, 0.25) is 0 Å². The number of thiazole rings is 4. The summed E-state index contributed by atoms with van der Waals surface area (Å²) in [5.41, 5.74) is 5.69. The van der Waals surface area contributed by atoms with Gasteiger partial charge in [-0.25, -0.2) is 51.7 Å². The molecule has 4 aromatic heterocycles. The highest BCUT2D eigenvalue weighted by Gasteiger charge is 2.20. The predicted octanol–water partition coefficient (Wildman–Crippen LogP) is 12.0. The molecule has 0 saturated heterocycles. The molecule has 404 valence electrons. The van der Waals surface area contributed by atoms with Gasteiger partial charge >= 0.3 is 0 Å². The molecular weight excluding hydrogens is 1090 g/mol. The van der Waals surface area contributed by atoms with Gasteiger partial charge in [0, 0.05) is 25.1 Å². The van der Waals surface area contributed by atoms with E-state index in [0.717, 1.165) is 80.5 Å². The third-order valence-electron chi connectivity index (χ3n) is 11.9. The molecule has 7 aromatic carbocycles. The van der Waals surface area contributed by atoms with Gasteiger partial charge in [0.05, 0.1) is 52.3 Å². The molecule has 20 heteroatoms. The van der Waals surface area contributed by atoms with Crippen LogP contribution in [-0.4, -0.2) is 59.6 Å². The highest BCUT2D eigenvalue weighted by Crippen LogP contribution is 2.31. The first-order valence-electron chi connectivity index (χ1n) is 25.3. The number of fused-ring (bicyclic) bond motifs is 4. The lowest BCUT2D eigenvalue weighted by molar-refractivity contribution is 0.0999. The van der Waals surface area contributed by atoms with E-state index in [-0.39, 0.29) is 23.1 Å². The molecule has 8 N–H and O–H groups in total. The summed E-state index contributed by atoms with van der Waals surface area (Å²) in [5, 5.41) is 8.96. The smallest absolute Gasteiger partial charge is 0.201 e. The quantitative estimate of drug-likeness (QED) is 0.0194. The van der Waals surface area contributed by atoms with Crippen molar-refractivity contribution in [2.75, 3.05) is 45.5 Å². The van der Waals surface area contributed by atoms with Gasteiger partial charge in [0.25, 0.3) is 0 Å². The number of rotatable bonds is 19. The Labute approximate surface area is 476 Å². The van der Waals surface area contributed by atoms with Crippen molar-refractivity contribution in [3.63, 3.8) is 0 Å². The van der Waals surface area contributed by atoms with Crippen molar-refractivity contribution in [2.45, 2.75) is 43.4 Å². The van der Waals surface area contributed by atoms with Crippen LogP contribution in [0.1, 0.15) is 48.0 Å². The van der Waals surface area contributed by atoms with Crippen molar-refractivity contribution >= 4 is 122 Å². The van der Waals surface area contributed by atoms with Crippen LogP contribution >= 0.6 is 45.3 Å². The van der Waals surface area contributed by atoms with Crippen LogP contribution in [0.3, 0.4) is 0 Å². The van der Waals surface area contributed by atoms with Crippen LogP contribution in [0.25, 0.3) is 40.9 Å². The Hall–Kier alpha value is -7.68. The molecule has 0 fully saturated rings. The molecule has 0 aliphatic rings. The summed E-state index contributed by atoms with van der Waals surface area (Å²) < 4.78 is 29.0. The fourth-order valence-electron chi connectivity index (χ4n) is 7.76. The number of anilines is 4. The van der Waals surface area contributed by atoms with Gasteiger partial charge in [-0.1, -0.05) is 186 Å². The number of hydrogen-bond donors (Lipinski definition) is 4. The number of unbranched alkanes of at least 4 members (excludes halogenated alkanes) is 4. The number of carbonyl (C=O) groups excluding carboxylic acids is 1. The van der Waals surface area contributed by atoms with E-state index in [1.165, 1.54) is 60.5 Å². The molecule has 0 atom stereocenters. The standard InChI is InChI=1S/C15H13N3OS.C15H15N3S.C15H19N3S.C14H13N3O2S2/c16-18(10-13(19)11-6-2-1-3-7-11)15-17-12-8-4-5-9-14(12)20-15;16-18(11-10-12-6-2-1-3-7-12)15-17-13-8-4-5-9-14(13)19-15;1-2-3-4-5-6-9-12-18(16)15-17-13-10-7-8-11-14(13)19-15;15-17(10-21(18,19)11-6-2-1-3-7-11)14-16-12-8-4-5-9-13(12)20-14/h1-9H,10,16H2;1-9H,10-11,16H2;1,7-8,10-11H,3-6,9,12,16H2;1-9H,10,15H2. The summed E-state index contributed by atoms with van der Waals surface area (Å²) in [6, 6.07) is 59.4. The summed E-state index contributed by atoms with van der Waals surface area (Å²) >= 11 is 6.12. The number of ketones is 1. The van der Waals surface area contributed by atoms with E-state index >= 15 is 0 Å². The van der Waals surface area contributed by atoms with Gasteiger partial charge in [-0.05, 0) is 85.5 Å². The van der Waals surface area contributed by atoms with E-state index in [1.54, 1.807) is 75.2 Å². The molecule has 0 aliphatic carbocycles. The lowest BCUT2D eigenvalue weighted by atomic mass is 10.1. The number of benzene rings is 7. The number of para-hydroxylation sites is 4. The Morgan fingerprint density at radius 2 is 0.835 bits per heavy atom. The van der Waals surface area contributed by atoms with Gasteiger partial charge < -0.3 is 0 Å². The van der Waals surface area contributed by atoms with Crippen LogP contribution in [0.15, 0.2) is 193 Å². The SMILES string of the molecule is C#CCCCCCCN(N)c1nc2ccccc2s1.NN(CC(=O)c1ccccc1)c1nc2ccccc2s1.NN(CCc1ccccc1)c1nc2ccccc2s1.NN(CS(=O)(=O)c1ccccc1)c1nc2ccccc2s1. The van der Waals surface area contributed by atoms with Crippen molar-refractivity contribution in [1.82, 2.24) is 19.9 Å². The number of terminal acetylenes is 1. The summed E-state index contributed by atoms with van der Waals surface area (Å²) in [7, 11) is -3.48. The van der Waals surface area contributed by atoms with Crippen molar-refractivity contribution in [2.24, 2.45) is 23.4 Å². The second-order valence-corrected chi connectivity index (χ2v) is 23.8. The molecule has 0 aliphatic heterocycles. The Kier molecular flexibility index (Phi) is 21.0. The molecule has 79 heavy (non-hydrogen) atoms. The molecular formula is C59H60N12O3S5. The highest BCUT2D eigenvalue weighted by molar-refractivity contribution is 7.91. The fourth-order valence-corrected chi connectivity index (χ4v) is 12.7. The zero-order chi connectivity index (χ0) is 55.4. The van der Waals surface area contributed by atoms with E-state index < -0.39 is 9.84 Å². The Bertz CT molecular complexity index is 3680. The van der Waals surface area contributed by atoms with E-state index in [4.69, 9.17) is 29.8 Å². The maximum atomic E-state index is 12.3. The molecule has 11 aromatic rings. The molecule has 11 rings (SSSR count). The van der Waals surface area contributed by atoms with Gasteiger partial charge in [-0.15, -0.1) is 12.3 Å². The summed E-state index contributed by atoms with van der Waals surface area (Å²) in [6.45, 7) is 1.73. The first kappa shape index (κ1) is 57.5. The van der Waals surface area contributed by atoms with Crippen LogP contribution in [-0.2, 0) is 16.3 Å². The number of carbonyl (C=O) groups is 1. The number of hydrogen-bond acceptors (Lipinski definition) is 19. The predicted molar refractivity (Wildman–Crippen MR) is 331 cm³/mol. The minimum absolute atomic E-state index is 0.0210. The normalized spacial score (nSPS) is 10.9. The topological polar surface area (TPSA) is 220 Å². The van der Waals surface area contributed by atoms with E-state index in [2.05, 4.69) is 50.1 Å². The van der Waals surface area contributed by atoms with Crippen LogP contribution < -0.4 is 43.4 Å². The largest absolute Gasteiger partial charge is 0.292 e. The van der Waals surface area contributed by atoms with Gasteiger partial charge in [-0.2, -0.15) is 0 Å². The molecule has 0 amide bonds. The number of sulfone groups is 1. The lowest BCUT2D eigenvalue weighted by Gasteiger charge is -2.15. The summed E-state index contributed by atoms with van der Waals surface area (Å²) in [4.78, 5) is 30.2. The third kappa shape index (κ3) is 16.7. The van der Waals surface area contributed by atoms with Crippen LogP contribution in [0.4, 0.5) is 20.5 Å². The van der Waals surface area contributed by atoms with E-state index in [1.807, 2.05) is 121 Å². The van der Waals surface area contributed by atoms with Gasteiger partial charge in [-0.3, -0.25) is 24.8 Å². The summed E-state index contributed by atoms with van der Waals surface area (Å²) in [5.74, 6) is 26.3. The zero-order valence-electron chi connectivity index (χ0n) is 43.2.